The normalized spacial score (nSPS) is 12.3. The molecule has 0 fully saturated rings. The maximum atomic E-state index is 5.42. The first-order valence-electron chi connectivity index (χ1n) is 26.5. The van der Waals surface area contributed by atoms with Crippen molar-refractivity contribution in [2.75, 3.05) is 12.5 Å². The van der Waals surface area contributed by atoms with Crippen LogP contribution in [0.5, 0.6) is 0 Å². The van der Waals surface area contributed by atoms with Crippen LogP contribution in [-0.4, -0.2) is 52.4 Å². The number of H-pyrrole nitrogens is 4. The van der Waals surface area contributed by atoms with Crippen molar-refractivity contribution in [2.45, 2.75) is 23.6 Å². The molecule has 16 bridgehead atoms. The predicted molar refractivity (Wildman–Crippen MR) is 338 cm³/mol. The van der Waals surface area contributed by atoms with E-state index in [-0.39, 0.29) is 0 Å². The lowest BCUT2D eigenvalue weighted by molar-refractivity contribution is 1.27. The van der Waals surface area contributed by atoms with Crippen molar-refractivity contribution in [3.63, 3.8) is 0 Å². The highest BCUT2D eigenvalue weighted by Gasteiger charge is 2.18. The fraction of sp³-hybridized carbons (Fsp3) is 0.0571. The molecule has 0 atom stereocenters. The third-order valence-electron chi connectivity index (χ3n) is 15.1. The Kier molecular flexibility index (Phi) is 12.3. The molecule has 80 heavy (non-hydrogen) atoms. The van der Waals surface area contributed by atoms with Gasteiger partial charge >= 0.3 is 0 Å². The number of thioether (sulfide) groups is 2. The minimum absolute atomic E-state index is 0.866. The molecule has 382 valence electrons. The Morgan fingerprint density at radius 2 is 0.625 bits per heavy atom. The molecule has 10 aromatic rings. The summed E-state index contributed by atoms with van der Waals surface area (Å²) in [4.78, 5) is 38.2. The highest BCUT2D eigenvalue weighted by atomic mass is 32.2. The summed E-state index contributed by atoms with van der Waals surface area (Å²) < 4.78 is 0. The van der Waals surface area contributed by atoms with Gasteiger partial charge in [0.2, 0.25) is 0 Å². The van der Waals surface area contributed by atoms with Crippen LogP contribution >= 0.6 is 23.5 Å². The lowest BCUT2D eigenvalue weighted by Crippen LogP contribution is -1.89. The fourth-order valence-corrected chi connectivity index (χ4v) is 11.7. The van der Waals surface area contributed by atoms with Gasteiger partial charge in [-0.15, -0.1) is 23.5 Å². The second-order valence-corrected chi connectivity index (χ2v) is 21.8. The molecule has 0 unspecified atom stereocenters. The highest BCUT2D eigenvalue weighted by molar-refractivity contribution is 7.98. The van der Waals surface area contributed by atoms with Gasteiger partial charge in [-0.1, -0.05) is 60.4 Å². The van der Waals surface area contributed by atoms with Crippen LogP contribution in [-0.2, 0) is 0 Å². The minimum atomic E-state index is 0.866. The molecule has 14 rings (SSSR count). The maximum absolute atomic E-state index is 5.42. The molecule has 10 heterocycles. The summed E-state index contributed by atoms with van der Waals surface area (Å²) in [5.74, 6) is 6.93. The quantitative estimate of drug-likeness (QED) is 0.0974. The number of nitrogens with one attached hydrogen (secondary N) is 4. The van der Waals surface area contributed by atoms with E-state index in [4.69, 9.17) is 19.9 Å². The van der Waals surface area contributed by atoms with Gasteiger partial charge in [0.15, 0.2) is 0 Å². The van der Waals surface area contributed by atoms with Crippen LogP contribution < -0.4 is 0 Å². The molecule has 0 aliphatic carbocycles. The Balaban J connectivity index is 0.854. The van der Waals surface area contributed by atoms with Gasteiger partial charge in [-0.2, -0.15) is 0 Å². The van der Waals surface area contributed by atoms with Crippen LogP contribution in [0.4, 0.5) is 0 Å². The molecule has 10 heteroatoms. The molecule has 0 radical (unpaired) electrons. The van der Waals surface area contributed by atoms with E-state index in [1.807, 2.05) is 0 Å². The molecule has 0 saturated carbocycles. The van der Waals surface area contributed by atoms with E-state index in [2.05, 4.69) is 264 Å². The van der Waals surface area contributed by atoms with Gasteiger partial charge in [-0.3, -0.25) is 0 Å². The summed E-state index contributed by atoms with van der Waals surface area (Å²) in [5.41, 5.74) is 27.2. The highest BCUT2D eigenvalue weighted by Crippen LogP contribution is 2.38. The van der Waals surface area contributed by atoms with Crippen molar-refractivity contribution in [1.29, 1.82) is 0 Å². The topological polar surface area (TPSA) is 115 Å². The first-order chi connectivity index (χ1) is 39.3. The zero-order chi connectivity index (χ0) is 53.8. The Bertz CT molecular complexity index is 4630. The lowest BCUT2D eigenvalue weighted by Gasteiger charge is -2.06. The van der Waals surface area contributed by atoms with E-state index in [0.29, 0.717) is 0 Å². The van der Waals surface area contributed by atoms with Gasteiger partial charge in [0.1, 0.15) is 0 Å². The average Bonchev–Trinajstić information content (AvgIpc) is 4.50. The van der Waals surface area contributed by atoms with Crippen molar-refractivity contribution >= 4 is 116 Å². The van der Waals surface area contributed by atoms with E-state index >= 15 is 0 Å². The summed E-state index contributed by atoms with van der Waals surface area (Å²) in [6, 6.07) is 55.7. The van der Waals surface area contributed by atoms with Crippen molar-refractivity contribution in [3.8, 4) is 56.3 Å². The largest absolute Gasteiger partial charge is 0.355 e. The van der Waals surface area contributed by atoms with Crippen LogP contribution in [0.3, 0.4) is 0 Å². The molecule has 6 aromatic heterocycles. The van der Waals surface area contributed by atoms with Crippen LogP contribution in [0, 0.1) is 25.7 Å². The van der Waals surface area contributed by atoms with Gasteiger partial charge < -0.3 is 19.9 Å². The van der Waals surface area contributed by atoms with Gasteiger partial charge in [0.05, 0.1) is 45.6 Å². The van der Waals surface area contributed by atoms with E-state index in [1.165, 1.54) is 9.79 Å². The standard InChI is InChI=1S/C70H50N8S2/c1-41-55-27-19-49(71-55)39-51-21-29-59(73-51)67(47-15-23-53(79-3)24-16-47)63-35-37-65(77-63)69(61-33-31-57(41)75-61)45-11-7-43(8-12-45)5-6-44-9-13-46(14-10-44)70-62-34-32-58(76-62)42(2)56-28-20-50(72-56)40-52-22-30-60(74-52)68(64-36-38-66(70)78-64)48-17-25-54(80-4)26-18-48/h7-40,71,74,76-77H,1-4H3. The second kappa shape index (κ2) is 20.3. The molecule has 8 nitrogen and oxygen atoms in total. The van der Waals surface area contributed by atoms with Crippen LogP contribution in [0.15, 0.2) is 168 Å². The Labute approximate surface area is 471 Å². The summed E-state index contributed by atoms with van der Waals surface area (Å²) in [7, 11) is 0. The van der Waals surface area contributed by atoms with Crippen LogP contribution in [0.1, 0.15) is 67.8 Å². The van der Waals surface area contributed by atoms with Gasteiger partial charge in [-0.05, 0) is 218 Å². The number of fused-ring (bicyclic) bond motifs is 16. The molecule has 4 N–H and O–H groups in total. The molecule has 0 spiro atoms. The van der Waals surface area contributed by atoms with E-state index in [9.17, 15) is 0 Å². The Hall–Kier alpha value is -9.66. The van der Waals surface area contributed by atoms with Gasteiger partial charge in [0.25, 0.3) is 0 Å². The molecule has 4 aromatic carbocycles. The zero-order valence-electron chi connectivity index (χ0n) is 44.2. The van der Waals surface area contributed by atoms with Crippen LogP contribution in [0.2, 0.25) is 0 Å². The first kappa shape index (κ1) is 48.7. The number of aromatic nitrogens is 8. The zero-order valence-corrected chi connectivity index (χ0v) is 45.9. The van der Waals surface area contributed by atoms with E-state index in [0.717, 1.165) is 156 Å². The molecular weight excluding hydrogens is 1020 g/mol. The number of hydrogen-bond acceptors (Lipinski definition) is 6. The monoisotopic (exact) mass is 1070 g/mol. The smallest absolute Gasteiger partial charge is 0.0737 e. The van der Waals surface area contributed by atoms with Crippen LogP contribution in [0.25, 0.3) is 137 Å². The number of aryl methyl sites for hydroxylation is 2. The van der Waals surface area contributed by atoms with Gasteiger partial charge in [0, 0.05) is 87.3 Å². The SMILES string of the molecule is CSc1ccc(-c2c3nc(c(-c4ccc(C#Cc5ccc(-c6c7nc(c(C)c8ccc(cc9nc(c(-c%10ccc(SC)cc%10)c%10ccc6[nH]%10)C=C9)[nH]8)C=C7)cc5)cc4)c4ccc([nH]4)c(C)c4nc(cc5ccc2[nH]5)C=C4)C=C3)cc1. The predicted octanol–water partition coefficient (Wildman–Crippen LogP) is 17.8. The summed E-state index contributed by atoms with van der Waals surface area (Å²) in [6.45, 7) is 4.23. The molecule has 4 aliphatic rings. The number of aromatic amines is 4. The number of hydrogen-bond donors (Lipinski definition) is 4. The maximum Gasteiger partial charge on any atom is 0.0737 e. The summed E-state index contributed by atoms with van der Waals surface area (Å²) >= 11 is 3.47. The minimum Gasteiger partial charge on any atom is -0.355 e. The number of rotatable bonds is 6. The fourth-order valence-electron chi connectivity index (χ4n) is 10.9. The van der Waals surface area contributed by atoms with Crippen molar-refractivity contribution in [2.24, 2.45) is 0 Å². The number of nitrogens with zero attached hydrogens (tertiary/aromatic N) is 4. The third-order valence-corrected chi connectivity index (χ3v) is 16.6. The third kappa shape index (κ3) is 9.22. The first-order valence-corrected chi connectivity index (χ1v) is 28.9. The molecular formula is C70H50N8S2. The summed E-state index contributed by atoms with van der Waals surface area (Å²) in [5, 5.41) is 0. The average molecular weight is 1070 g/mol. The molecule has 0 amide bonds. The second-order valence-electron chi connectivity index (χ2n) is 20.1. The molecule has 0 saturated heterocycles. The number of benzene rings is 4. The van der Waals surface area contributed by atoms with E-state index in [1.54, 1.807) is 23.5 Å². The Morgan fingerprint density at radius 1 is 0.312 bits per heavy atom. The summed E-state index contributed by atoms with van der Waals surface area (Å²) in [6.07, 6.45) is 21.0. The van der Waals surface area contributed by atoms with Crippen molar-refractivity contribution < 1.29 is 0 Å². The van der Waals surface area contributed by atoms with Gasteiger partial charge in [-0.25, -0.2) is 19.9 Å². The van der Waals surface area contributed by atoms with Crippen molar-refractivity contribution in [1.82, 2.24) is 39.9 Å². The van der Waals surface area contributed by atoms with E-state index < -0.39 is 0 Å². The lowest BCUT2D eigenvalue weighted by atomic mass is 10.0. The Morgan fingerprint density at radius 3 is 1.11 bits per heavy atom. The van der Waals surface area contributed by atoms with Crippen molar-refractivity contribution in [3.05, 3.63) is 226 Å². The molecule has 4 aliphatic heterocycles.